The first kappa shape index (κ1) is 31.8. The molecule has 262 valence electrons. The molecule has 2 unspecified atom stereocenters. The molecule has 4 aliphatic rings. The minimum Gasteiger partial charge on any atom is -0.385 e. The van der Waals surface area contributed by atoms with Crippen LogP contribution in [0.3, 0.4) is 0 Å². The maximum atomic E-state index is 14.0. The molecule has 2 N–H and O–H groups in total. The van der Waals surface area contributed by atoms with E-state index in [1.807, 2.05) is 40.9 Å². The van der Waals surface area contributed by atoms with Crippen molar-refractivity contribution in [2.45, 2.75) is 37.8 Å². The normalized spacial score (nSPS) is 20.4. The SMILES string of the molecule is O=C1CCC(N2C(=O)c3ccc(NCC4CN(c5cccc(-c6cnc7ccc(N8CCCC8c8cccc(F)c8)nn67)n5)C4)cc3C2=O)C(=O)N1. The molecule has 3 fully saturated rings. The first-order valence-corrected chi connectivity index (χ1v) is 17.5. The summed E-state index contributed by atoms with van der Waals surface area (Å²) in [4.78, 5) is 65.2. The minimum absolute atomic E-state index is 0.0488. The molecular weight excluding hydrogens is 665 g/mol. The summed E-state index contributed by atoms with van der Waals surface area (Å²) in [6.07, 6.45) is 3.90. The highest BCUT2D eigenvalue weighted by Gasteiger charge is 2.44. The summed E-state index contributed by atoms with van der Waals surface area (Å²) in [5, 5.41) is 10.6. The van der Waals surface area contributed by atoms with Crippen LogP contribution >= 0.6 is 0 Å². The predicted octanol–water partition coefficient (Wildman–Crippen LogP) is 4.22. The van der Waals surface area contributed by atoms with Gasteiger partial charge in [-0.15, -0.1) is 5.10 Å². The molecule has 2 atom stereocenters. The van der Waals surface area contributed by atoms with E-state index in [2.05, 4.69) is 25.4 Å². The summed E-state index contributed by atoms with van der Waals surface area (Å²) in [5.74, 6) is -0.346. The third-order valence-corrected chi connectivity index (χ3v) is 10.4. The lowest BCUT2D eigenvalue weighted by Gasteiger charge is -2.40. The largest absolute Gasteiger partial charge is 0.385 e. The summed E-state index contributed by atoms with van der Waals surface area (Å²) < 4.78 is 15.9. The number of hydrogen-bond donors (Lipinski definition) is 2. The zero-order valence-corrected chi connectivity index (χ0v) is 28.0. The third kappa shape index (κ3) is 5.50. The number of rotatable bonds is 8. The van der Waals surface area contributed by atoms with Crippen LogP contribution in [0.2, 0.25) is 0 Å². The van der Waals surface area contributed by atoms with Crippen molar-refractivity contribution in [3.63, 3.8) is 0 Å². The minimum atomic E-state index is -0.994. The Morgan fingerprint density at radius 3 is 2.56 bits per heavy atom. The van der Waals surface area contributed by atoms with Crippen LogP contribution in [-0.2, 0) is 9.59 Å². The third-order valence-electron chi connectivity index (χ3n) is 10.4. The van der Waals surface area contributed by atoms with Gasteiger partial charge in [-0.2, -0.15) is 0 Å². The average Bonchev–Trinajstić information content (AvgIpc) is 3.85. The molecule has 7 heterocycles. The molecule has 0 aliphatic carbocycles. The molecule has 2 aromatic carbocycles. The highest BCUT2D eigenvalue weighted by molar-refractivity contribution is 6.23. The van der Waals surface area contributed by atoms with Crippen molar-refractivity contribution in [1.82, 2.24) is 29.8 Å². The number of pyridine rings is 1. The second-order valence-corrected chi connectivity index (χ2v) is 13.8. The summed E-state index contributed by atoms with van der Waals surface area (Å²) in [6.45, 7) is 3.04. The number of anilines is 3. The number of nitrogens with one attached hydrogen (secondary N) is 2. The van der Waals surface area contributed by atoms with Gasteiger partial charge in [-0.3, -0.25) is 29.4 Å². The van der Waals surface area contributed by atoms with Crippen molar-refractivity contribution in [2.24, 2.45) is 5.92 Å². The van der Waals surface area contributed by atoms with Crippen LogP contribution in [0, 0.1) is 11.7 Å². The van der Waals surface area contributed by atoms with Crippen LogP contribution in [-0.4, -0.2) is 80.3 Å². The number of hydrogen-bond acceptors (Lipinski definition) is 10. The topological polar surface area (TPSA) is 145 Å². The van der Waals surface area contributed by atoms with Crippen molar-refractivity contribution in [3.05, 3.63) is 102 Å². The maximum absolute atomic E-state index is 14.0. The Morgan fingerprint density at radius 2 is 1.71 bits per heavy atom. The van der Waals surface area contributed by atoms with E-state index in [-0.39, 0.29) is 35.8 Å². The van der Waals surface area contributed by atoms with Gasteiger partial charge in [0.2, 0.25) is 11.8 Å². The standard InChI is InChI=1S/C38H34FN9O4/c39-24-5-1-4-23(16-24)29-7-3-15-46(29)34-13-12-32-41-19-31(48(32)44-34)28-6-2-8-33(42-28)45-20-22(21-45)18-40-25-9-10-26-27(17-25)38(52)47(37(26)51)30-11-14-35(49)43-36(30)50/h1-2,4-6,8-10,12-13,16-17,19,22,29-30,40H,3,7,11,14-15,18,20-21H2,(H,43,49,50). The molecule has 4 aliphatic heterocycles. The number of amides is 4. The molecule has 0 spiro atoms. The quantitative estimate of drug-likeness (QED) is 0.226. The van der Waals surface area contributed by atoms with E-state index in [0.29, 0.717) is 23.8 Å². The van der Waals surface area contributed by atoms with Gasteiger partial charge in [0.05, 0.1) is 29.1 Å². The van der Waals surface area contributed by atoms with Gasteiger partial charge >= 0.3 is 0 Å². The summed E-state index contributed by atoms with van der Waals surface area (Å²) >= 11 is 0. The molecule has 4 amide bonds. The fourth-order valence-corrected chi connectivity index (χ4v) is 7.76. The van der Waals surface area contributed by atoms with Gasteiger partial charge in [-0.1, -0.05) is 18.2 Å². The van der Waals surface area contributed by atoms with Crippen LogP contribution in [0.15, 0.2) is 79.0 Å². The fraction of sp³-hybridized carbons (Fsp3) is 0.289. The lowest BCUT2D eigenvalue weighted by molar-refractivity contribution is -0.136. The molecular formula is C38H34FN9O4. The van der Waals surface area contributed by atoms with Gasteiger partial charge in [0.25, 0.3) is 11.8 Å². The number of nitrogens with zero attached hydrogens (tertiary/aromatic N) is 7. The summed E-state index contributed by atoms with van der Waals surface area (Å²) in [7, 11) is 0. The van der Waals surface area contributed by atoms with Crippen LogP contribution in [0.1, 0.15) is 58.0 Å². The van der Waals surface area contributed by atoms with Crippen LogP contribution in [0.4, 0.5) is 21.7 Å². The van der Waals surface area contributed by atoms with Gasteiger partial charge in [0, 0.05) is 44.2 Å². The maximum Gasteiger partial charge on any atom is 0.262 e. The summed E-state index contributed by atoms with van der Waals surface area (Å²) in [5.41, 5.74) is 4.39. The molecule has 14 heteroatoms. The van der Waals surface area contributed by atoms with Crippen molar-refractivity contribution < 1.29 is 23.6 Å². The van der Waals surface area contributed by atoms with Crippen molar-refractivity contribution in [1.29, 1.82) is 0 Å². The van der Waals surface area contributed by atoms with Crippen molar-refractivity contribution in [3.8, 4) is 11.4 Å². The van der Waals surface area contributed by atoms with Gasteiger partial charge in [0.1, 0.15) is 29.2 Å². The Bertz CT molecular complexity index is 2290. The van der Waals surface area contributed by atoms with Crippen LogP contribution in [0.25, 0.3) is 17.0 Å². The highest BCUT2D eigenvalue weighted by Crippen LogP contribution is 2.36. The van der Waals surface area contributed by atoms with Crippen molar-refractivity contribution >= 4 is 46.6 Å². The number of aromatic nitrogens is 4. The second-order valence-electron chi connectivity index (χ2n) is 13.8. The second kappa shape index (κ2) is 12.5. The zero-order chi connectivity index (χ0) is 35.5. The van der Waals surface area contributed by atoms with E-state index in [9.17, 15) is 23.6 Å². The van der Waals surface area contributed by atoms with E-state index in [1.54, 1.807) is 36.5 Å². The predicted molar refractivity (Wildman–Crippen MR) is 189 cm³/mol. The van der Waals surface area contributed by atoms with Crippen LogP contribution in [0.5, 0.6) is 0 Å². The number of carbonyl (C=O) groups excluding carboxylic acids is 4. The fourth-order valence-electron chi connectivity index (χ4n) is 7.76. The van der Waals surface area contributed by atoms with Gasteiger partial charge in [0.15, 0.2) is 5.65 Å². The first-order chi connectivity index (χ1) is 25.3. The molecule has 13 nitrogen and oxygen atoms in total. The lowest BCUT2D eigenvalue weighted by atomic mass is 9.99. The van der Waals surface area contributed by atoms with E-state index in [4.69, 9.17) is 10.1 Å². The Labute approximate surface area is 297 Å². The number of imidazole rings is 1. The number of piperidine rings is 1. The van der Waals surface area contributed by atoms with Gasteiger partial charge in [-0.05, 0) is 79.4 Å². The molecule has 3 saturated heterocycles. The Balaban J connectivity index is 0.853. The zero-order valence-electron chi connectivity index (χ0n) is 28.0. The summed E-state index contributed by atoms with van der Waals surface area (Å²) in [6, 6.07) is 20.7. The molecule has 0 bridgehead atoms. The molecule has 3 aromatic heterocycles. The molecule has 52 heavy (non-hydrogen) atoms. The van der Waals surface area contributed by atoms with E-state index >= 15 is 0 Å². The molecule has 9 rings (SSSR count). The van der Waals surface area contributed by atoms with E-state index < -0.39 is 29.7 Å². The molecule has 0 saturated carbocycles. The average molecular weight is 700 g/mol. The van der Waals surface area contributed by atoms with Crippen molar-refractivity contribution in [2.75, 3.05) is 41.3 Å². The number of carbonyl (C=O) groups is 4. The highest BCUT2D eigenvalue weighted by atomic mass is 19.1. The Hall–Kier alpha value is -6.18. The number of fused-ring (bicyclic) bond motifs is 2. The first-order valence-electron chi connectivity index (χ1n) is 17.5. The Kier molecular flexibility index (Phi) is 7.67. The number of benzene rings is 2. The van der Waals surface area contributed by atoms with E-state index in [1.165, 1.54) is 6.07 Å². The van der Waals surface area contributed by atoms with Gasteiger partial charge < -0.3 is 15.1 Å². The van der Waals surface area contributed by atoms with Crippen LogP contribution < -0.4 is 20.4 Å². The number of imide groups is 2. The van der Waals surface area contributed by atoms with E-state index in [0.717, 1.165) is 66.0 Å². The lowest BCUT2D eigenvalue weighted by Crippen LogP contribution is -2.54. The number of halogens is 1. The smallest absolute Gasteiger partial charge is 0.262 e. The monoisotopic (exact) mass is 699 g/mol. The Morgan fingerprint density at radius 1 is 0.865 bits per heavy atom. The molecule has 5 aromatic rings. The molecule has 0 radical (unpaired) electrons. The van der Waals surface area contributed by atoms with Gasteiger partial charge in [-0.25, -0.2) is 18.9 Å².